The van der Waals surface area contributed by atoms with Crippen LogP contribution in [0.5, 0.6) is 0 Å². The third-order valence-electron chi connectivity index (χ3n) is 8.41. The van der Waals surface area contributed by atoms with Crippen molar-refractivity contribution in [1.29, 1.82) is 0 Å². The highest BCUT2D eigenvalue weighted by Crippen LogP contribution is 2.54. The molecule has 3 saturated carbocycles. The van der Waals surface area contributed by atoms with Gasteiger partial charge in [0, 0.05) is 34.5 Å². The summed E-state index contributed by atoms with van der Waals surface area (Å²) >= 11 is 1.50. The van der Waals surface area contributed by atoms with E-state index in [2.05, 4.69) is 37.5 Å². The van der Waals surface area contributed by atoms with Gasteiger partial charge in [-0.3, -0.25) is 4.98 Å². The number of urea groups is 1. The number of nitrogens with one attached hydrogen (secondary N) is 4. The molecule has 246 valence electrons. The van der Waals surface area contributed by atoms with Crippen LogP contribution in [0.1, 0.15) is 88.7 Å². The zero-order valence-corrected chi connectivity index (χ0v) is 28.5. The Labute approximate surface area is 275 Å². The number of amides is 3. The second-order valence-electron chi connectivity index (χ2n) is 13.5. The number of ether oxygens (including phenoxy) is 1. The molecule has 2 aromatic heterocycles. The summed E-state index contributed by atoms with van der Waals surface area (Å²) < 4.78 is 35.5. The predicted molar refractivity (Wildman–Crippen MR) is 178 cm³/mol. The number of alkyl carbamates (subject to hydrolysis) is 1. The number of thiazole rings is 1. The molecule has 0 radical (unpaired) electrons. The van der Waals surface area contributed by atoms with Gasteiger partial charge in [0.05, 0.1) is 33.9 Å². The van der Waals surface area contributed by atoms with Gasteiger partial charge in [-0.1, -0.05) is 18.1 Å². The van der Waals surface area contributed by atoms with Crippen LogP contribution >= 0.6 is 11.3 Å². The van der Waals surface area contributed by atoms with Crippen LogP contribution in [-0.2, 0) is 26.7 Å². The summed E-state index contributed by atoms with van der Waals surface area (Å²) in [6.07, 6.45) is 11.3. The lowest BCUT2D eigenvalue weighted by Gasteiger charge is -2.52. The van der Waals surface area contributed by atoms with E-state index in [0.29, 0.717) is 16.1 Å². The van der Waals surface area contributed by atoms with Crippen LogP contribution in [0.4, 0.5) is 9.59 Å². The number of carbonyl (C=O) groups excluding carboxylic acids is 2. The number of nitrogens with zero attached hydrogens (tertiary/aromatic N) is 2. The van der Waals surface area contributed by atoms with Crippen molar-refractivity contribution in [2.24, 2.45) is 0 Å². The second kappa shape index (κ2) is 13.2. The molecule has 0 spiro atoms. The molecule has 0 saturated heterocycles. The summed E-state index contributed by atoms with van der Waals surface area (Å²) in [4.78, 5) is 34.8. The molecule has 2 heterocycles. The van der Waals surface area contributed by atoms with Crippen LogP contribution in [-0.4, -0.2) is 52.9 Å². The van der Waals surface area contributed by atoms with Crippen molar-refractivity contribution in [2.75, 3.05) is 0 Å². The molecule has 1 atom stereocenters. The molecule has 4 N–H and O–H groups in total. The van der Waals surface area contributed by atoms with Gasteiger partial charge in [-0.15, -0.1) is 11.3 Å². The molecular weight excluding hydrogens is 625 g/mol. The molecule has 4 aliphatic rings. The molecule has 0 aliphatic heterocycles. The van der Waals surface area contributed by atoms with Gasteiger partial charge in [-0.05, 0) is 97.3 Å². The lowest BCUT2D eigenvalue weighted by Crippen LogP contribution is -2.58. The quantitative estimate of drug-likeness (QED) is 0.278. The number of pyridine rings is 1. The van der Waals surface area contributed by atoms with E-state index in [-0.39, 0.29) is 35.4 Å². The van der Waals surface area contributed by atoms with Crippen molar-refractivity contribution < 1.29 is 22.7 Å². The molecule has 1 unspecified atom stereocenters. The summed E-state index contributed by atoms with van der Waals surface area (Å²) in [5, 5.41) is 8.39. The molecule has 6 rings (SSSR count). The summed E-state index contributed by atoms with van der Waals surface area (Å²) in [5.74, 6) is 5.78. The standard InChI is InChI=1S/C33H42N6O5S2/c1-22(2)44-30(41)38-33-16-13-32(14-17-33,15-18-33)28-35-21-26(45-28)25-11-9-23(10-12-27(25)46(42,43)39-31(3,4)5)37-29(40)36-20-24-8-6-7-19-34-24/h6-9,11,19,21-22,27,39H,13-18,20H2,1-5H3,(H,38,41)(H2,36,37,40). The van der Waals surface area contributed by atoms with E-state index >= 15 is 0 Å². The fourth-order valence-electron chi connectivity index (χ4n) is 6.18. The summed E-state index contributed by atoms with van der Waals surface area (Å²) in [7, 11) is -3.95. The molecule has 46 heavy (non-hydrogen) atoms. The van der Waals surface area contributed by atoms with Gasteiger partial charge in [0.15, 0.2) is 5.25 Å². The lowest BCUT2D eigenvalue weighted by atomic mass is 9.57. The Bertz CT molecular complexity index is 1670. The van der Waals surface area contributed by atoms with Gasteiger partial charge in [0.25, 0.3) is 0 Å². The average Bonchev–Trinajstić information content (AvgIpc) is 3.38. The smallest absolute Gasteiger partial charge is 0.407 e. The van der Waals surface area contributed by atoms with Crippen molar-refractivity contribution in [3.8, 4) is 11.8 Å². The Morgan fingerprint density at radius 2 is 1.80 bits per heavy atom. The Hall–Kier alpha value is -3.73. The molecule has 11 nitrogen and oxygen atoms in total. The van der Waals surface area contributed by atoms with E-state index in [1.807, 2.05) is 19.9 Å². The largest absolute Gasteiger partial charge is 0.447 e. The zero-order chi connectivity index (χ0) is 33.2. The number of carbonyl (C=O) groups is 2. The minimum atomic E-state index is -3.95. The number of hydrogen-bond donors (Lipinski definition) is 4. The minimum Gasteiger partial charge on any atom is -0.447 e. The zero-order valence-electron chi connectivity index (χ0n) is 26.9. The fraction of sp³-hybridized carbons (Fsp3) is 0.515. The van der Waals surface area contributed by atoms with Crippen molar-refractivity contribution >= 4 is 39.1 Å². The van der Waals surface area contributed by atoms with Gasteiger partial charge in [-0.25, -0.2) is 27.7 Å². The summed E-state index contributed by atoms with van der Waals surface area (Å²) in [5.41, 5.74) is 0.358. The second-order valence-corrected chi connectivity index (χ2v) is 16.3. The molecule has 2 aromatic rings. The van der Waals surface area contributed by atoms with Crippen LogP contribution in [0.3, 0.4) is 0 Å². The molecule has 3 amide bonds. The SMILES string of the molecule is CC(C)OC(=O)NC12CCC(c3ncc(C4=CC=C(NC(=O)NCc5ccccn5)C#CC4S(=O)(=O)NC(C)(C)C)s3)(CC1)CC2. The first-order valence-electron chi connectivity index (χ1n) is 15.5. The first kappa shape index (κ1) is 33.6. The van der Waals surface area contributed by atoms with Gasteiger partial charge in [0.2, 0.25) is 10.0 Å². The Balaban J connectivity index is 1.36. The van der Waals surface area contributed by atoms with Crippen LogP contribution in [0.2, 0.25) is 0 Å². The number of allylic oxidation sites excluding steroid dienone is 3. The summed E-state index contributed by atoms with van der Waals surface area (Å²) in [6, 6.07) is 4.96. The molecule has 2 bridgehead atoms. The van der Waals surface area contributed by atoms with E-state index in [4.69, 9.17) is 9.72 Å². The minimum absolute atomic E-state index is 0.127. The number of rotatable bonds is 9. The molecule has 4 aliphatic carbocycles. The first-order valence-corrected chi connectivity index (χ1v) is 17.9. The van der Waals surface area contributed by atoms with E-state index in [1.165, 1.54) is 11.3 Å². The molecule has 0 aromatic carbocycles. The van der Waals surface area contributed by atoms with Crippen LogP contribution < -0.4 is 20.7 Å². The third kappa shape index (κ3) is 7.97. The Morgan fingerprint density at radius 3 is 2.43 bits per heavy atom. The number of fused-ring (bicyclic) bond motifs is 3. The highest BCUT2D eigenvalue weighted by atomic mass is 32.2. The van der Waals surface area contributed by atoms with Crippen molar-refractivity contribution in [1.82, 2.24) is 30.6 Å². The van der Waals surface area contributed by atoms with Crippen LogP contribution in [0.25, 0.3) is 5.57 Å². The monoisotopic (exact) mass is 666 g/mol. The average molecular weight is 667 g/mol. The highest BCUT2D eigenvalue weighted by Gasteiger charge is 2.51. The normalized spacial score (nSPS) is 24.2. The number of sulfonamides is 1. The lowest BCUT2D eigenvalue weighted by molar-refractivity contribution is 0.0560. The fourth-order valence-corrected chi connectivity index (χ4v) is 9.23. The molecular formula is C33H42N6O5S2. The number of hydrogen-bond acceptors (Lipinski definition) is 8. The molecule has 13 heteroatoms. The van der Waals surface area contributed by atoms with Crippen molar-refractivity contribution in [3.05, 3.63) is 64.0 Å². The Kier molecular flexibility index (Phi) is 9.63. The van der Waals surface area contributed by atoms with Gasteiger partial charge >= 0.3 is 12.1 Å². The van der Waals surface area contributed by atoms with Gasteiger partial charge in [-0.2, -0.15) is 0 Å². The van der Waals surface area contributed by atoms with E-state index < -0.39 is 26.8 Å². The first-order chi connectivity index (χ1) is 21.7. The maximum atomic E-state index is 13.7. The highest BCUT2D eigenvalue weighted by molar-refractivity contribution is 7.90. The van der Waals surface area contributed by atoms with E-state index in [9.17, 15) is 18.0 Å². The molecule has 3 fully saturated rings. The van der Waals surface area contributed by atoms with Crippen LogP contribution in [0.15, 0.2) is 48.4 Å². The topological polar surface area (TPSA) is 151 Å². The van der Waals surface area contributed by atoms with Crippen molar-refractivity contribution in [2.45, 2.75) is 108 Å². The van der Waals surface area contributed by atoms with Crippen LogP contribution in [0, 0.1) is 11.8 Å². The third-order valence-corrected chi connectivity index (χ3v) is 11.6. The van der Waals surface area contributed by atoms with Crippen molar-refractivity contribution in [3.63, 3.8) is 0 Å². The van der Waals surface area contributed by atoms with E-state index in [0.717, 1.165) is 43.5 Å². The van der Waals surface area contributed by atoms with Gasteiger partial charge in [0.1, 0.15) is 0 Å². The maximum absolute atomic E-state index is 13.7. The number of aromatic nitrogens is 2. The maximum Gasteiger partial charge on any atom is 0.407 e. The predicted octanol–water partition coefficient (Wildman–Crippen LogP) is 4.89. The Morgan fingerprint density at radius 1 is 1.09 bits per heavy atom. The summed E-state index contributed by atoms with van der Waals surface area (Å²) in [6.45, 7) is 9.24. The van der Waals surface area contributed by atoms with E-state index in [1.54, 1.807) is 57.4 Å². The van der Waals surface area contributed by atoms with Gasteiger partial charge < -0.3 is 20.7 Å².